The lowest BCUT2D eigenvalue weighted by atomic mass is 9.87. The van der Waals surface area contributed by atoms with Crippen LogP contribution in [0.25, 0.3) is 0 Å². The maximum absolute atomic E-state index is 12.5. The van der Waals surface area contributed by atoms with Crippen molar-refractivity contribution in [1.29, 1.82) is 0 Å². The second-order valence-electron chi connectivity index (χ2n) is 4.84. The Balaban J connectivity index is 3.16. The van der Waals surface area contributed by atoms with Gasteiger partial charge in [0.25, 0.3) is 0 Å². The summed E-state index contributed by atoms with van der Waals surface area (Å²) in [4.78, 5) is 12.5. The van der Waals surface area contributed by atoms with E-state index in [1.165, 1.54) is 0 Å². The fraction of sp³-hybridized carbons (Fsp3) is 0.533. The molecule has 1 aromatic rings. The minimum absolute atomic E-state index is 0.0830. The minimum Gasteiger partial charge on any atom is -0.496 e. The zero-order valence-corrected chi connectivity index (χ0v) is 11.7. The molecule has 0 aliphatic rings. The molecular formula is C15H23NO2. The molecular weight excluding hydrogens is 226 g/mol. The van der Waals surface area contributed by atoms with Crippen molar-refractivity contribution in [2.24, 2.45) is 17.6 Å². The highest BCUT2D eigenvalue weighted by Gasteiger charge is 2.24. The Kier molecular flexibility index (Phi) is 5.35. The summed E-state index contributed by atoms with van der Waals surface area (Å²) in [5.41, 5.74) is 7.50. The van der Waals surface area contributed by atoms with Gasteiger partial charge in [0.2, 0.25) is 0 Å². The molecule has 0 spiro atoms. The quantitative estimate of drug-likeness (QED) is 0.789. The molecule has 100 valence electrons. The first-order valence-corrected chi connectivity index (χ1v) is 6.46. The van der Waals surface area contributed by atoms with Crippen molar-refractivity contribution in [3.8, 4) is 5.75 Å². The number of carbonyl (C=O) groups is 1. The Labute approximate surface area is 109 Å². The Morgan fingerprint density at radius 2 is 2.06 bits per heavy atom. The number of nitrogens with two attached hydrogens (primary N) is 1. The highest BCUT2D eigenvalue weighted by Crippen LogP contribution is 2.25. The SMILES string of the molecule is CCc1ccc(OC)c(C(=O)C(CN)C(C)C)c1. The molecule has 1 rings (SSSR count). The van der Waals surface area contributed by atoms with E-state index in [9.17, 15) is 4.79 Å². The summed E-state index contributed by atoms with van der Waals surface area (Å²) in [6.07, 6.45) is 0.902. The summed E-state index contributed by atoms with van der Waals surface area (Å²) in [6, 6.07) is 5.77. The van der Waals surface area contributed by atoms with Crippen LogP contribution in [0, 0.1) is 11.8 Å². The van der Waals surface area contributed by atoms with E-state index in [2.05, 4.69) is 6.92 Å². The summed E-state index contributed by atoms with van der Waals surface area (Å²) < 4.78 is 5.28. The number of aryl methyl sites for hydroxylation is 1. The lowest BCUT2D eigenvalue weighted by Crippen LogP contribution is -2.28. The molecule has 2 N–H and O–H groups in total. The second-order valence-corrected chi connectivity index (χ2v) is 4.84. The van der Waals surface area contributed by atoms with E-state index < -0.39 is 0 Å². The topological polar surface area (TPSA) is 52.3 Å². The Hall–Kier alpha value is -1.35. The van der Waals surface area contributed by atoms with Gasteiger partial charge in [0.15, 0.2) is 5.78 Å². The van der Waals surface area contributed by atoms with Crippen molar-refractivity contribution < 1.29 is 9.53 Å². The van der Waals surface area contributed by atoms with Gasteiger partial charge >= 0.3 is 0 Å². The van der Waals surface area contributed by atoms with Crippen LogP contribution in [0.3, 0.4) is 0 Å². The van der Waals surface area contributed by atoms with Crippen LogP contribution in [0.1, 0.15) is 36.7 Å². The summed E-state index contributed by atoms with van der Waals surface area (Å²) >= 11 is 0. The molecule has 0 aliphatic heterocycles. The average Bonchev–Trinajstić information content (AvgIpc) is 2.38. The molecule has 0 amide bonds. The molecule has 0 radical (unpaired) electrons. The van der Waals surface area contributed by atoms with Crippen LogP contribution in [-0.4, -0.2) is 19.4 Å². The van der Waals surface area contributed by atoms with E-state index in [0.717, 1.165) is 12.0 Å². The standard InChI is InChI=1S/C15H23NO2/c1-5-11-6-7-14(18-4)12(8-11)15(17)13(9-16)10(2)3/h6-8,10,13H,5,9,16H2,1-4H3. The summed E-state index contributed by atoms with van der Waals surface area (Å²) in [7, 11) is 1.59. The Bertz CT molecular complexity index is 413. The average molecular weight is 249 g/mol. The number of rotatable bonds is 6. The molecule has 1 atom stereocenters. The number of ketones is 1. The molecule has 0 saturated carbocycles. The predicted molar refractivity (Wildman–Crippen MR) is 74.1 cm³/mol. The Morgan fingerprint density at radius 3 is 2.50 bits per heavy atom. The number of hydrogen-bond donors (Lipinski definition) is 1. The molecule has 0 aromatic heterocycles. The van der Waals surface area contributed by atoms with Crippen LogP contribution in [0.5, 0.6) is 5.75 Å². The number of carbonyl (C=O) groups excluding carboxylic acids is 1. The molecule has 3 heteroatoms. The molecule has 3 nitrogen and oxygen atoms in total. The molecule has 0 fully saturated rings. The van der Waals surface area contributed by atoms with Crippen LogP contribution >= 0.6 is 0 Å². The van der Waals surface area contributed by atoms with E-state index in [1.807, 2.05) is 32.0 Å². The van der Waals surface area contributed by atoms with Crippen molar-refractivity contribution in [3.63, 3.8) is 0 Å². The lowest BCUT2D eigenvalue weighted by Gasteiger charge is -2.19. The van der Waals surface area contributed by atoms with Crippen molar-refractivity contribution in [3.05, 3.63) is 29.3 Å². The number of Topliss-reactive ketones (excluding diaryl/α,β-unsaturated/α-hetero) is 1. The van der Waals surface area contributed by atoms with Gasteiger partial charge in [-0.25, -0.2) is 0 Å². The monoisotopic (exact) mass is 249 g/mol. The number of methoxy groups -OCH3 is 1. The molecule has 0 bridgehead atoms. The molecule has 1 unspecified atom stereocenters. The van der Waals surface area contributed by atoms with Crippen LogP contribution < -0.4 is 10.5 Å². The lowest BCUT2D eigenvalue weighted by molar-refractivity contribution is 0.0889. The first-order chi connectivity index (χ1) is 8.54. The smallest absolute Gasteiger partial charge is 0.171 e. The second kappa shape index (κ2) is 6.55. The zero-order chi connectivity index (χ0) is 13.7. The normalized spacial score (nSPS) is 12.6. The highest BCUT2D eigenvalue weighted by atomic mass is 16.5. The fourth-order valence-electron chi connectivity index (χ4n) is 2.05. The summed E-state index contributed by atoms with van der Waals surface area (Å²) in [6.45, 7) is 6.48. The zero-order valence-electron chi connectivity index (χ0n) is 11.7. The summed E-state index contributed by atoms with van der Waals surface area (Å²) in [5, 5.41) is 0. The van der Waals surface area contributed by atoms with E-state index in [0.29, 0.717) is 17.9 Å². The van der Waals surface area contributed by atoms with E-state index in [1.54, 1.807) is 7.11 Å². The van der Waals surface area contributed by atoms with Gasteiger partial charge in [0, 0.05) is 12.5 Å². The number of ether oxygens (including phenoxy) is 1. The van der Waals surface area contributed by atoms with Crippen molar-refractivity contribution in [2.75, 3.05) is 13.7 Å². The van der Waals surface area contributed by atoms with Crippen LogP contribution in [0.15, 0.2) is 18.2 Å². The van der Waals surface area contributed by atoms with Crippen LogP contribution in [0.2, 0.25) is 0 Å². The van der Waals surface area contributed by atoms with Crippen LogP contribution in [-0.2, 0) is 6.42 Å². The molecule has 0 heterocycles. The molecule has 1 aromatic carbocycles. The van der Waals surface area contributed by atoms with Gasteiger partial charge in [-0.15, -0.1) is 0 Å². The summed E-state index contributed by atoms with van der Waals surface area (Å²) in [5.74, 6) is 0.805. The van der Waals surface area contributed by atoms with Crippen molar-refractivity contribution >= 4 is 5.78 Å². The number of hydrogen-bond acceptors (Lipinski definition) is 3. The van der Waals surface area contributed by atoms with E-state index in [-0.39, 0.29) is 17.6 Å². The maximum atomic E-state index is 12.5. The highest BCUT2D eigenvalue weighted by molar-refractivity contribution is 6.00. The minimum atomic E-state index is -0.147. The largest absolute Gasteiger partial charge is 0.496 e. The van der Waals surface area contributed by atoms with Crippen molar-refractivity contribution in [2.45, 2.75) is 27.2 Å². The van der Waals surface area contributed by atoms with Gasteiger partial charge in [0.05, 0.1) is 12.7 Å². The van der Waals surface area contributed by atoms with Gasteiger partial charge in [-0.3, -0.25) is 4.79 Å². The van der Waals surface area contributed by atoms with Crippen LogP contribution in [0.4, 0.5) is 0 Å². The van der Waals surface area contributed by atoms with Gasteiger partial charge in [-0.1, -0.05) is 26.8 Å². The first-order valence-electron chi connectivity index (χ1n) is 6.46. The predicted octanol–water partition coefficient (Wildman–Crippen LogP) is 2.67. The van der Waals surface area contributed by atoms with Gasteiger partial charge in [-0.05, 0) is 30.0 Å². The maximum Gasteiger partial charge on any atom is 0.171 e. The third-order valence-corrected chi connectivity index (χ3v) is 3.33. The fourth-order valence-corrected chi connectivity index (χ4v) is 2.05. The first kappa shape index (κ1) is 14.7. The molecule has 0 aliphatic carbocycles. The third kappa shape index (κ3) is 3.10. The molecule has 0 saturated heterocycles. The van der Waals surface area contributed by atoms with Crippen molar-refractivity contribution in [1.82, 2.24) is 0 Å². The molecule has 18 heavy (non-hydrogen) atoms. The van der Waals surface area contributed by atoms with E-state index >= 15 is 0 Å². The van der Waals surface area contributed by atoms with Gasteiger partial charge in [-0.2, -0.15) is 0 Å². The Morgan fingerprint density at radius 1 is 1.39 bits per heavy atom. The third-order valence-electron chi connectivity index (χ3n) is 3.33. The number of benzene rings is 1. The van der Waals surface area contributed by atoms with Gasteiger partial charge < -0.3 is 10.5 Å². The van der Waals surface area contributed by atoms with E-state index in [4.69, 9.17) is 10.5 Å². The van der Waals surface area contributed by atoms with Gasteiger partial charge in [0.1, 0.15) is 5.75 Å².